The van der Waals surface area contributed by atoms with Crippen LogP contribution in [0.3, 0.4) is 0 Å². The van der Waals surface area contributed by atoms with Crippen LogP contribution < -0.4 is 19.5 Å². The monoisotopic (exact) mass is 442 g/mol. The number of carbonyl (C=O) groups is 1. The molecule has 0 aliphatic carbocycles. The van der Waals surface area contributed by atoms with E-state index in [1.54, 1.807) is 25.1 Å². The zero-order chi connectivity index (χ0) is 21.6. The number of anilines is 1. The maximum absolute atomic E-state index is 12.7. The number of sulfonamides is 1. The van der Waals surface area contributed by atoms with E-state index in [4.69, 9.17) is 25.8 Å². The van der Waals surface area contributed by atoms with Crippen molar-refractivity contribution in [1.29, 1.82) is 0 Å². The SMILES string of the molecule is CCOc1ccc(S(=O)(=O)N(C)CC(=O)Nc2ccc(OC)c(OC)c2)cc1Cl. The zero-order valence-electron chi connectivity index (χ0n) is 16.6. The van der Waals surface area contributed by atoms with Gasteiger partial charge in [0.2, 0.25) is 15.9 Å². The van der Waals surface area contributed by atoms with Gasteiger partial charge in [0.15, 0.2) is 11.5 Å². The van der Waals surface area contributed by atoms with Crippen molar-refractivity contribution < 1.29 is 27.4 Å². The number of halogens is 1. The van der Waals surface area contributed by atoms with Crippen molar-refractivity contribution in [3.8, 4) is 17.2 Å². The minimum Gasteiger partial charge on any atom is -0.493 e. The Morgan fingerprint density at radius 2 is 1.72 bits per heavy atom. The Balaban J connectivity index is 2.11. The first-order valence-corrected chi connectivity index (χ1v) is 10.4. The average molecular weight is 443 g/mol. The summed E-state index contributed by atoms with van der Waals surface area (Å²) in [6, 6.07) is 9.00. The van der Waals surface area contributed by atoms with Gasteiger partial charge in [0, 0.05) is 18.8 Å². The highest BCUT2D eigenvalue weighted by Crippen LogP contribution is 2.30. The van der Waals surface area contributed by atoms with Gasteiger partial charge < -0.3 is 19.5 Å². The van der Waals surface area contributed by atoms with Crippen LogP contribution in [0.25, 0.3) is 0 Å². The number of carbonyl (C=O) groups excluding carboxylic acids is 1. The third-order valence-electron chi connectivity index (χ3n) is 3.94. The van der Waals surface area contributed by atoms with Gasteiger partial charge in [0.1, 0.15) is 5.75 Å². The van der Waals surface area contributed by atoms with Crippen molar-refractivity contribution in [3.05, 3.63) is 41.4 Å². The highest BCUT2D eigenvalue weighted by molar-refractivity contribution is 7.89. The number of hydrogen-bond acceptors (Lipinski definition) is 6. The van der Waals surface area contributed by atoms with E-state index in [9.17, 15) is 13.2 Å². The fraction of sp³-hybridized carbons (Fsp3) is 0.316. The van der Waals surface area contributed by atoms with Crippen LogP contribution in [-0.2, 0) is 14.8 Å². The Hall–Kier alpha value is -2.49. The summed E-state index contributed by atoms with van der Waals surface area (Å²) in [5.74, 6) is 0.829. The molecule has 2 rings (SSSR count). The Bertz CT molecular complexity index is 981. The van der Waals surface area contributed by atoms with Gasteiger partial charge in [-0.05, 0) is 37.3 Å². The molecule has 0 heterocycles. The number of likely N-dealkylation sites (N-methyl/N-ethyl adjacent to an activating group) is 1. The van der Waals surface area contributed by atoms with E-state index in [-0.39, 0.29) is 16.5 Å². The van der Waals surface area contributed by atoms with Gasteiger partial charge in [-0.15, -0.1) is 0 Å². The molecule has 8 nitrogen and oxygen atoms in total. The smallest absolute Gasteiger partial charge is 0.243 e. The lowest BCUT2D eigenvalue weighted by Gasteiger charge is -2.18. The van der Waals surface area contributed by atoms with E-state index in [0.717, 1.165) is 4.31 Å². The molecule has 2 aromatic rings. The first-order chi connectivity index (χ1) is 13.7. The summed E-state index contributed by atoms with van der Waals surface area (Å²) in [4.78, 5) is 12.3. The lowest BCUT2D eigenvalue weighted by molar-refractivity contribution is -0.116. The zero-order valence-corrected chi connectivity index (χ0v) is 18.1. The summed E-state index contributed by atoms with van der Waals surface area (Å²) < 4.78 is 42.0. The number of hydrogen-bond donors (Lipinski definition) is 1. The second kappa shape index (κ2) is 9.82. The molecule has 0 bridgehead atoms. The van der Waals surface area contributed by atoms with Crippen LogP contribution in [0.5, 0.6) is 17.2 Å². The first kappa shape index (κ1) is 22.8. The normalized spacial score (nSPS) is 11.2. The Morgan fingerprint density at radius 3 is 2.31 bits per heavy atom. The largest absolute Gasteiger partial charge is 0.493 e. The highest BCUT2D eigenvalue weighted by atomic mass is 35.5. The number of nitrogens with one attached hydrogen (secondary N) is 1. The summed E-state index contributed by atoms with van der Waals surface area (Å²) >= 11 is 6.08. The van der Waals surface area contributed by atoms with E-state index in [0.29, 0.717) is 29.5 Å². The van der Waals surface area contributed by atoms with Crippen molar-refractivity contribution in [1.82, 2.24) is 4.31 Å². The molecule has 2 aromatic carbocycles. The quantitative estimate of drug-likeness (QED) is 0.641. The fourth-order valence-electron chi connectivity index (χ4n) is 2.50. The molecule has 0 fully saturated rings. The summed E-state index contributed by atoms with van der Waals surface area (Å²) in [7, 11) is 0.378. The molecule has 1 amide bonds. The molecule has 0 atom stereocenters. The summed E-state index contributed by atoms with van der Waals surface area (Å²) in [6.45, 7) is 1.81. The lowest BCUT2D eigenvalue weighted by atomic mass is 10.2. The molecule has 29 heavy (non-hydrogen) atoms. The van der Waals surface area contributed by atoms with Crippen molar-refractivity contribution >= 4 is 33.2 Å². The summed E-state index contributed by atoms with van der Waals surface area (Å²) in [5, 5.41) is 2.81. The topological polar surface area (TPSA) is 94.2 Å². The Morgan fingerprint density at radius 1 is 1.07 bits per heavy atom. The standard InChI is InChI=1S/C19H23ClN2O6S/c1-5-28-16-9-7-14(11-15(16)20)29(24,25)22(2)12-19(23)21-13-6-8-17(26-3)18(10-13)27-4/h6-11H,5,12H2,1-4H3,(H,21,23). The van der Waals surface area contributed by atoms with Gasteiger partial charge in [0.05, 0.1) is 37.3 Å². The highest BCUT2D eigenvalue weighted by Gasteiger charge is 2.24. The third kappa shape index (κ3) is 5.53. The summed E-state index contributed by atoms with van der Waals surface area (Å²) in [5.41, 5.74) is 0.447. The first-order valence-electron chi connectivity index (χ1n) is 8.63. The fourth-order valence-corrected chi connectivity index (χ4v) is 3.95. The van der Waals surface area contributed by atoms with Crippen LogP contribution in [0.15, 0.2) is 41.3 Å². The second-order valence-electron chi connectivity index (χ2n) is 5.90. The maximum atomic E-state index is 12.7. The molecule has 158 valence electrons. The van der Waals surface area contributed by atoms with Crippen LogP contribution in [0.4, 0.5) is 5.69 Å². The molecule has 0 spiro atoms. The van der Waals surface area contributed by atoms with Gasteiger partial charge in [-0.3, -0.25) is 4.79 Å². The van der Waals surface area contributed by atoms with Gasteiger partial charge >= 0.3 is 0 Å². The van der Waals surface area contributed by atoms with Crippen molar-refractivity contribution in [2.24, 2.45) is 0 Å². The molecule has 1 N–H and O–H groups in total. The molecule has 10 heteroatoms. The molecule has 0 saturated carbocycles. The Labute approximate surface area is 175 Å². The molecule has 0 saturated heterocycles. The average Bonchev–Trinajstić information content (AvgIpc) is 2.69. The molecular weight excluding hydrogens is 420 g/mol. The van der Waals surface area contributed by atoms with Gasteiger partial charge in [-0.25, -0.2) is 8.42 Å². The van der Waals surface area contributed by atoms with Crippen LogP contribution in [0.1, 0.15) is 6.92 Å². The van der Waals surface area contributed by atoms with Crippen LogP contribution >= 0.6 is 11.6 Å². The predicted molar refractivity (Wildman–Crippen MR) is 111 cm³/mol. The molecule has 0 radical (unpaired) electrons. The molecular formula is C19H23ClN2O6S. The van der Waals surface area contributed by atoms with Gasteiger partial charge in [-0.1, -0.05) is 11.6 Å². The number of ether oxygens (including phenoxy) is 3. The minimum atomic E-state index is -3.92. The predicted octanol–water partition coefficient (Wildman–Crippen LogP) is 3.02. The number of methoxy groups -OCH3 is 2. The van der Waals surface area contributed by atoms with E-state index in [2.05, 4.69) is 5.32 Å². The third-order valence-corrected chi connectivity index (χ3v) is 6.04. The van der Waals surface area contributed by atoms with Crippen molar-refractivity contribution in [2.45, 2.75) is 11.8 Å². The number of nitrogens with zero attached hydrogens (tertiary/aromatic N) is 1. The number of rotatable bonds is 9. The number of benzene rings is 2. The number of amides is 1. The van der Waals surface area contributed by atoms with Crippen LogP contribution in [0, 0.1) is 0 Å². The van der Waals surface area contributed by atoms with Crippen molar-refractivity contribution in [2.75, 3.05) is 39.7 Å². The molecule has 0 aromatic heterocycles. The summed E-state index contributed by atoms with van der Waals surface area (Å²) in [6.07, 6.45) is 0. The Kier molecular flexibility index (Phi) is 7.72. The van der Waals surface area contributed by atoms with E-state index >= 15 is 0 Å². The molecule has 0 unspecified atom stereocenters. The second-order valence-corrected chi connectivity index (χ2v) is 8.36. The van der Waals surface area contributed by atoms with Gasteiger partial charge in [-0.2, -0.15) is 4.31 Å². The maximum Gasteiger partial charge on any atom is 0.243 e. The molecule has 0 aliphatic rings. The minimum absolute atomic E-state index is 0.0348. The molecule has 0 aliphatic heterocycles. The van der Waals surface area contributed by atoms with E-state index in [1.807, 2.05) is 0 Å². The van der Waals surface area contributed by atoms with E-state index in [1.165, 1.54) is 39.5 Å². The van der Waals surface area contributed by atoms with E-state index < -0.39 is 15.9 Å². The van der Waals surface area contributed by atoms with Crippen LogP contribution in [-0.4, -0.2) is 53.0 Å². The van der Waals surface area contributed by atoms with Gasteiger partial charge in [0.25, 0.3) is 0 Å². The van der Waals surface area contributed by atoms with Crippen molar-refractivity contribution in [3.63, 3.8) is 0 Å². The lowest BCUT2D eigenvalue weighted by Crippen LogP contribution is -2.35. The van der Waals surface area contributed by atoms with Crippen LogP contribution in [0.2, 0.25) is 5.02 Å².